The van der Waals surface area contributed by atoms with Gasteiger partial charge in [-0.2, -0.15) is 0 Å². The molecule has 0 aromatic rings. The Morgan fingerprint density at radius 3 is 2.65 bits per heavy atom. The van der Waals surface area contributed by atoms with Gasteiger partial charge < -0.3 is 19.5 Å². The average molecular weight is 325 g/mol. The van der Waals surface area contributed by atoms with Crippen LogP contribution in [0.4, 0.5) is 0 Å². The van der Waals surface area contributed by atoms with Crippen LogP contribution >= 0.6 is 0 Å². The third-order valence-corrected chi connectivity index (χ3v) is 5.02. The Morgan fingerprint density at radius 1 is 1.39 bits per heavy atom. The number of hydrogen-bond acceptors (Lipinski definition) is 4. The molecule has 132 valence electrons. The van der Waals surface area contributed by atoms with Gasteiger partial charge in [0, 0.05) is 33.2 Å². The number of aliphatic hydroxyl groups is 1. The van der Waals surface area contributed by atoms with Crippen molar-refractivity contribution in [1.29, 1.82) is 0 Å². The number of likely N-dealkylation sites (N-methyl/N-ethyl adjacent to an activating group) is 1. The van der Waals surface area contributed by atoms with Crippen molar-refractivity contribution < 1.29 is 19.4 Å². The van der Waals surface area contributed by atoms with E-state index in [1.807, 2.05) is 13.0 Å². The molecule has 0 aromatic carbocycles. The first kappa shape index (κ1) is 18.3. The Kier molecular flexibility index (Phi) is 6.90. The molecule has 2 aliphatic rings. The summed E-state index contributed by atoms with van der Waals surface area (Å²) in [6, 6.07) is 0. The number of carbonyl (C=O) groups excluding carboxylic acids is 1. The topological polar surface area (TPSA) is 59.0 Å². The molecule has 5 nitrogen and oxygen atoms in total. The second kappa shape index (κ2) is 8.69. The van der Waals surface area contributed by atoms with Gasteiger partial charge >= 0.3 is 0 Å². The summed E-state index contributed by atoms with van der Waals surface area (Å²) in [7, 11) is 3.48. The standard InChI is InChI=1S/C18H31NO4/c1-4-22-18-14(10-7-11-20)15(13-8-5-6-9-13)12-16(23-18)17(21)19(2)3/h12-15,18,20H,4-11H2,1-3H3/t14-,15+,18+/m1/s1. The molecule has 1 fully saturated rings. The summed E-state index contributed by atoms with van der Waals surface area (Å²) in [5.41, 5.74) is 0. The quantitative estimate of drug-likeness (QED) is 0.781. The van der Waals surface area contributed by atoms with Gasteiger partial charge in [-0.1, -0.05) is 12.8 Å². The zero-order valence-corrected chi connectivity index (χ0v) is 14.7. The van der Waals surface area contributed by atoms with Gasteiger partial charge in [-0.05, 0) is 50.5 Å². The van der Waals surface area contributed by atoms with Gasteiger partial charge in [0.15, 0.2) is 5.76 Å². The zero-order valence-electron chi connectivity index (χ0n) is 14.7. The van der Waals surface area contributed by atoms with Gasteiger partial charge in [-0.3, -0.25) is 4.79 Å². The van der Waals surface area contributed by atoms with E-state index in [9.17, 15) is 9.90 Å². The SMILES string of the molecule is CCO[C@H]1OC(C(=O)N(C)C)=C[C@@H](C2CCCC2)[C@H]1CCCO. The molecule has 0 aromatic heterocycles. The fourth-order valence-electron chi connectivity index (χ4n) is 3.88. The van der Waals surface area contributed by atoms with E-state index in [4.69, 9.17) is 9.47 Å². The molecule has 0 saturated heterocycles. The summed E-state index contributed by atoms with van der Waals surface area (Å²) >= 11 is 0. The largest absolute Gasteiger partial charge is 0.459 e. The highest BCUT2D eigenvalue weighted by atomic mass is 16.7. The molecule has 1 saturated carbocycles. The maximum atomic E-state index is 12.4. The van der Waals surface area contributed by atoms with Gasteiger partial charge in [0.1, 0.15) is 0 Å². The van der Waals surface area contributed by atoms with Crippen LogP contribution in [0.25, 0.3) is 0 Å². The minimum Gasteiger partial charge on any atom is -0.459 e. The van der Waals surface area contributed by atoms with Crippen molar-refractivity contribution in [2.45, 2.75) is 51.7 Å². The van der Waals surface area contributed by atoms with E-state index in [0.29, 0.717) is 24.2 Å². The first-order valence-corrected chi connectivity index (χ1v) is 8.91. The first-order chi connectivity index (χ1) is 11.1. The number of carbonyl (C=O) groups is 1. The number of ether oxygens (including phenoxy) is 2. The molecule has 1 heterocycles. The molecule has 23 heavy (non-hydrogen) atoms. The highest BCUT2D eigenvalue weighted by Crippen LogP contribution is 2.43. The lowest BCUT2D eigenvalue weighted by Gasteiger charge is -2.39. The van der Waals surface area contributed by atoms with Crippen molar-refractivity contribution in [3.8, 4) is 0 Å². The van der Waals surface area contributed by atoms with Crippen LogP contribution in [0.3, 0.4) is 0 Å². The molecule has 5 heteroatoms. The van der Waals surface area contributed by atoms with Crippen molar-refractivity contribution in [3.63, 3.8) is 0 Å². The van der Waals surface area contributed by atoms with E-state index < -0.39 is 0 Å². The number of hydrogen-bond donors (Lipinski definition) is 1. The van der Waals surface area contributed by atoms with Crippen LogP contribution in [0, 0.1) is 17.8 Å². The molecule has 2 rings (SSSR count). The summed E-state index contributed by atoms with van der Waals surface area (Å²) < 4.78 is 11.7. The van der Waals surface area contributed by atoms with E-state index in [0.717, 1.165) is 12.8 Å². The predicted molar refractivity (Wildman–Crippen MR) is 88.5 cm³/mol. The summed E-state index contributed by atoms with van der Waals surface area (Å²) in [5.74, 6) is 1.43. The molecule has 1 aliphatic carbocycles. The van der Waals surface area contributed by atoms with Gasteiger partial charge in [0.2, 0.25) is 6.29 Å². The zero-order chi connectivity index (χ0) is 16.8. The third-order valence-electron chi connectivity index (χ3n) is 5.02. The van der Waals surface area contributed by atoms with Crippen LogP contribution in [0.5, 0.6) is 0 Å². The lowest BCUT2D eigenvalue weighted by molar-refractivity contribution is -0.178. The number of allylic oxidation sites excluding steroid dienone is 1. The Hall–Kier alpha value is -1.07. The van der Waals surface area contributed by atoms with E-state index in [-0.39, 0.29) is 24.7 Å². The van der Waals surface area contributed by atoms with Crippen LogP contribution < -0.4 is 0 Å². The lowest BCUT2D eigenvalue weighted by atomic mass is 9.76. The van der Waals surface area contributed by atoms with Gasteiger partial charge in [0.25, 0.3) is 5.91 Å². The van der Waals surface area contributed by atoms with E-state index >= 15 is 0 Å². The summed E-state index contributed by atoms with van der Waals surface area (Å²) in [6.07, 6.45) is 8.20. The second-order valence-electron chi connectivity index (χ2n) is 6.82. The number of aliphatic hydroxyl groups excluding tert-OH is 1. The summed E-state index contributed by atoms with van der Waals surface area (Å²) in [4.78, 5) is 13.9. The molecular weight excluding hydrogens is 294 g/mol. The molecular formula is C18H31NO4. The minimum absolute atomic E-state index is 0.0988. The maximum absolute atomic E-state index is 12.4. The van der Waals surface area contributed by atoms with E-state index in [2.05, 4.69) is 0 Å². The van der Waals surface area contributed by atoms with Crippen LogP contribution in [0.2, 0.25) is 0 Å². The molecule has 1 aliphatic heterocycles. The Morgan fingerprint density at radius 2 is 2.09 bits per heavy atom. The molecule has 0 bridgehead atoms. The normalized spacial score (nSPS) is 28.3. The Bertz CT molecular complexity index is 415. The Balaban J connectivity index is 2.26. The Labute approximate surface area is 139 Å². The monoisotopic (exact) mass is 325 g/mol. The van der Waals surface area contributed by atoms with Crippen molar-refractivity contribution in [2.24, 2.45) is 17.8 Å². The molecule has 3 atom stereocenters. The minimum atomic E-state index is -0.388. The summed E-state index contributed by atoms with van der Waals surface area (Å²) in [6.45, 7) is 2.68. The van der Waals surface area contributed by atoms with Crippen molar-refractivity contribution in [3.05, 3.63) is 11.8 Å². The lowest BCUT2D eigenvalue weighted by Crippen LogP contribution is -2.41. The van der Waals surface area contributed by atoms with E-state index in [1.54, 1.807) is 19.0 Å². The first-order valence-electron chi connectivity index (χ1n) is 8.91. The van der Waals surface area contributed by atoms with Gasteiger partial charge in [0.05, 0.1) is 0 Å². The maximum Gasteiger partial charge on any atom is 0.288 e. The van der Waals surface area contributed by atoms with Crippen LogP contribution in [0.1, 0.15) is 45.4 Å². The third kappa shape index (κ3) is 4.48. The highest BCUT2D eigenvalue weighted by Gasteiger charge is 2.41. The highest BCUT2D eigenvalue weighted by molar-refractivity contribution is 5.91. The number of rotatable bonds is 7. The number of amides is 1. The van der Waals surface area contributed by atoms with E-state index in [1.165, 1.54) is 25.7 Å². The molecule has 1 amide bonds. The van der Waals surface area contributed by atoms with Gasteiger partial charge in [-0.15, -0.1) is 0 Å². The number of nitrogens with zero attached hydrogens (tertiary/aromatic N) is 1. The van der Waals surface area contributed by atoms with Crippen LogP contribution in [-0.2, 0) is 14.3 Å². The predicted octanol–water partition coefficient (Wildman–Crippen LogP) is 2.55. The molecule has 0 radical (unpaired) electrons. The fourth-order valence-corrected chi connectivity index (χ4v) is 3.88. The molecule has 0 spiro atoms. The summed E-state index contributed by atoms with van der Waals surface area (Å²) in [5, 5.41) is 9.22. The van der Waals surface area contributed by atoms with Crippen molar-refractivity contribution in [2.75, 3.05) is 27.3 Å². The average Bonchev–Trinajstić information content (AvgIpc) is 3.06. The second-order valence-corrected chi connectivity index (χ2v) is 6.82. The smallest absolute Gasteiger partial charge is 0.288 e. The van der Waals surface area contributed by atoms with Gasteiger partial charge in [-0.25, -0.2) is 0 Å². The molecule has 0 unspecified atom stereocenters. The van der Waals surface area contributed by atoms with Crippen LogP contribution in [-0.4, -0.2) is 49.5 Å². The van der Waals surface area contributed by atoms with Crippen molar-refractivity contribution in [1.82, 2.24) is 4.90 Å². The van der Waals surface area contributed by atoms with Crippen LogP contribution in [0.15, 0.2) is 11.8 Å². The fraction of sp³-hybridized carbons (Fsp3) is 0.833. The van der Waals surface area contributed by atoms with Crippen molar-refractivity contribution >= 4 is 5.91 Å². The molecule has 1 N–H and O–H groups in total.